The van der Waals surface area contributed by atoms with Crippen molar-refractivity contribution in [2.45, 2.75) is 29.7 Å². The molecule has 0 aliphatic rings. The first-order chi connectivity index (χ1) is 8.41. The zero-order valence-corrected chi connectivity index (χ0v) is 11.4. The molecule has 1 aromatic rings. The maximum atomic E-state index is 12.2. The number of aryl methyl sites for hydroxylation is 1. The Kier molecular flexibility index (Phi) is 5.15. The maximum Gasteiger partial charge on any atom is 0.327 e. The van der Waals surface area contributed by atoms with E-state index >= 15 is 0 Å². The van der Waals surface area contributed by atoms with Gasteiger partial charge in [0.25, 0.3) is 9.84 Å². The van der Waals surface area contributed by atoms with Crippen LogP contribution in [0, 0.1) is 13.5 Å². The van der Waals surface area contributed by atoms with Gasteiger partial charge in [-0.25, -0.2) is 15.0 Å². The Bertz CT molecular complexity index is 533. The summed E-state index contributed by atoms with van der Waals surface area (Å²) in [6.07, 6.45) is -1.17. The molecule has 4 nitrogen and oxygen atoms in total. The highest BCUT2D eigenvalue weighted by Crippen LogP contribution is 2.21. The number of hydrogen-bond donors (Lipinski definition) is 1. The lowest BCUT2D eigenvalue weighted by molar-refractivity contribution is 0.189. The minimum atomic E-state index is -3.75. The molecule has 98 valence electrons. The van der Waals surface area contributed by atoms with E-state index in [1.54, 1.807) is 12.1 Å². The van der Waals surface area contributed by atoms with E-state index in [2.05, 4.69) is 4.85 Å². The van der Waals surface area contributed by atoms with Gasteiger partial charge in [0.2, 0.25) is 0 Å². The minimum absolute atomic E-state index is 0.0879. The fourth-order valence-electron chi connectivity index (χ4n) is 1.43. The first-order valence-corrected chi connectivity index (χ1v) is 7.41. The average Bonchev–Trinajstić information content (AvgIpc) is 2.35. The summed E-state index contributed by atoms with van der Waals surface area (Å²) >= 11 is 5.42. The van der Waals surface area contributed by atoms with E-state index < -0.39 is 21.3 Å². The van der Waals surface area contributed by atoms with Gasteiger partial charge in [0.1, 0.15) is 0 Å². The van der Waals surface area contributed by atoms with Crippen molar-refractivity contribution in [2.75, 3.05) is 5.88 Å². The Morgan fingerprint density at radius 1 is 1.39 bits per heavy atom. The van der Waals surface area contributed by atoms with Crippen LogP contribution >= 0.6 is 11.6 Å². The highest BCUT2D eigenvalue weighted by molar-refractivity contribution is 7.92. The van der Waals surface area contributed by atoms with Crippen LogP contribution in [0.4, 0.5) is 0 Å². The van der Waals surface area contributed by atoms with E-state index in [9.17, 15) is 13.5 Å². The van der Waals surface area contributed by atoms with Crippen LogP contribution in [0.15, 0.2) is 29.2 Å². The topological polar surface area (TPSA) is 58.7 Å². The lowest BCUT2D eigenvalue weighted by Crippen LogP contribution is -2.24. The molecule has 0 heterocycles. The normalized spacial score (nSPS) is 14.8. The van der Waals surface area contributed by atoms with Crippen molar-refractivity contribution in [3.8, 4) is 0 Å². The second-order valence-corrected chi connectivity index (χ2v) is 6.40. The summed E-state index contributed by atoms with van der Waals surface area (Å²) < 4.78 is 24.3. The smallest absolute Gasteiger partial charge is 0.327 e. The van der Waals surface area contributed by atoms with Crippen molar-refractivity contribution in [3.05, 3.63) is 41.2 Å². The SMILES string of the molecule is [C-]#[N+]C(C[C@H](O)CCl)S(=O)(=O)c1ccc(C)cc1. The van der Waals surface area contributed by atoms with Crippen molar-refractivity contribution in [1.29, 1.82) is 0 Å². The van der Waals surface area contributed by atoms with Gasteiger partial charge in [0.15, 0.2) is 0 Å². The summed E-state index contributed by atoms with van der Waals surface area (Å²) in [5.74, 6) is -0.0879. The molecule has 0 radical (unpaired) electrons. The molecule has 2 atom stereocenters. The first-order valence-electron chi connectivity index (χ1n) is 5.33. The average molecular weight is 288 g/mol. The Morgan fingerprint density at radius 2 is 1.94 bits per heavy atom. The summed E-state index contributed by atoms with van der Waals surface area (Å²) in [4.78, 5) is 3.18. The Hall–Kier alpha value is -1.09. The van der Waals surface area contributed by atoms with E-state index in [-0.39, 0.29) is 17.2 Å². The summed E-state index contributed by atoms with van der Waals surface area (Å²) in [5.41, 5.74) is 0.939. The molecule has 0 aliphatic carbocycles. The van der Waals surface area contributed by atoms with E-state index in [1.165, 1.54) is 12.1 Å². The number of halogens is 1. The second-order valence-electron chi connectivity index (χ2n) is 3.99. The minimum Gasteiger partial charge on any atom is -0.392 e. The highest BCUT2D eigenvalue weighted by atomic mass is 35.5. The number of hydrogen-bond acceptors (Lipinski definition) is 3. The van der Waals surface area contributed by atoms with Gasteiger partial charge in [-0.05, 0) is 19.1 Å². The molecular formula is C12H14ClNO3S. The number of aliphatic hydroxyl groups is 1. The molecule has 0 amide bonds. The van der Waals surface area contributed by atoms with Gasteiger partial charge >= 0.3 is 5.37 Å². The maximum absolute atomic E-state index is 12.2. The van der Waals surface area contributed by atoms with Gasteiger partial charge in [-0.3, -0.25) is 4.85 Å². The first kappa shape index (κ1) is 15.0. The monoisotopic (exact) mass is 287 g/mol. The van der Waals surface area contributed by atoms with Gasteiger partial charge in [0, 0.05) is 5.88 Å². The molecular weight excluding hydrogens is 274 g/mol. The van der Waals surface area contributed by atoms with E-state index in [4.69, 9.17) is 18.2 Å². The molecule has 0 saturated heterocycles. The van der Waals surface area contributed by atoms with Crippen molar-refractivity contribution >= 4 is 21.4 Å². The van der Waals surface area contributed by atoms with Crippen LogP contribution in [-0.2, 0) is 9.84 Å². The van der Waals surface area contributed by atoms with Crippen molar-refractivity contribution in [3.63, 3.8) is 0 Å². The number of alkyl halides is 1. The van der Waals surface area contributed by atoms with Gasteiger partial charge < -0.3 is 5.11 Å². The van der Waals surface area contributed by atoms with Gasteiger partial charge in [0.05, 0.1) is 17.4 Å². The zero-order valence-electron chi connectivity index (χ0n) is 9.88. The molecule has 0 saturated carbocycles. The fraction of sp³-hybridized carbons (Fsp3) is 0.417. The van der Waals surface area contributed by atoms with Crippen LogP contribution in [0.1, 0.15) is 12.0 Å². The Labute approximate surface area is 112 Å². The highest BCUT2D eigenvalue weighted by Gasteiger charge is 2.34. The summed E-state index contributed by atoms with van der Waals surface area (Å²) in [6, 6.07) is 6.28. The third-order valence-corrected chi connectivity index (χ3v) is 4.80. The van der Waals surface area contributed by atoms with E-state index in [1.807, 2.05) is 6.92 Å². The summed E-state index contributed by atoms with van der Waals surface area (Å²) in [5, 5.41) is 8.08. The number of nitrogens with zero attached hydrogens (tertiary/aromatic N) is 1. The number of sulfone groups is 1. The van der Waals surface area contributed by atoms with Gasteiger partial charge in [-0.2, -0.15) is 0 Å². The van der Waals surface area contributed by atoms with Crippen LogP contribution in [0.3, 0.4) is 0 Å². The third kappa shape index (κ3) is 3.45. The molecule has 0 aromatic heterocycles. The number of benzene rings is 1. The second kappa shape index (κ2) is 6.19. The largest absolute Gasteiger partial charge is 0.392 e. The molecule has 0 bridgehead atoms. The molecule has 1 N–H and O–H groups in total. The van der Waals surface area contributed by atoms with Crippen LogP contribution in [0.2, 0.25) is 0 Å². The Balaban J connectivity index is 3.04. The number of aliphatic hydroxyl groups excluding tert-OH is 1. The van der Waals surface area contributed by atoms with Crippen LogP contribution in [0.25, 0.3) is 4.85 Å². The molecule has 6 heteroatoms. The van der Waals surface area contributed by atoms with E-state index in [0.717, 1.165) is 5.56 Å². The van der Waals surface area contributed by atoms with Crippen LogP contribution in [-0.4, -0.2) is 30.9 Å². The van der Waals surface area contributed by atoms with Crippen LogP contribution < -0.4 is 0 Å². The molecule has 1 aromatic carbocycles. The van der Waals surface area contributed by atoms with Gasteiger partial charge in [-0.1, -0.05) is 17.7 Å². The lowest BCUT2D eigenvalue weighted by Gasteiger charge is -2.10. The third-order valence-electron chi connectivity index (χ3n) is 2.50. The predicted octanol–water partition coefficient (Wildman–Crippen LogP) is 2.00. The van der Waals surface area contributed by atoms with Crippen LogP contribution in [0.5, 0.6) is 0 Å². The standard InChI is InChI=1S/C12H14ClNO3S/c1-9-3-5-11(6-4-9)18(16,17)12(14-2)7-10(15)8-13/h3-6,10,12,15H,7-8H2,1H3/t10-,12?/m0/s1. The molecule has 0 fully saturated rings. The molecule has 0 spiro atoms. The Morgan fingerprint density at radius 3 is 2.39 bits per heavy atom. The summed E-state index contributed by atoms with van der Waals surface area (Å²) in [6.45, 7) is 8.81. The molecule has 1 unspecified atom stereocenters. The molecule has 1 rings (SSSR count). The van der Waals surface area contributed by atoms with E-state index in [0.29, 0.717) is 0 Å². The lowest BCUT2D eigenvalue weighted by atomic mass is 10.2. The quantitative estimate of drug-likeness (QED) is 0.666. The fourth-order valence-corrected chi connectivity index (χ4v) is 3.00. The molecule has 18 heavy (non-hydrogen) atoms. The zero-order chi connectivity index (χ0) is 13.8. The summed E-state index contributed by atoms with van der Waals surface area (Å²) in [7, 11) is -3.75. The molecule has 0 aliphatic heterocycles. The number of rotatable bonds is 5. The van der Waals surface area contributed by atoms with Gasteiger partial charge in [-0.15, -0.1) is 11.6 Å². The van der Waals surface area contributed by atoms with Crippen molar-refractivity contribution in [2.24, 2.45) is 0 Å². The van der Waals surface area contributed by atoms with Crippen molar-refractivity contribution in [1.82, 2.24) is 0 Å². The predicted molar refractivity (Wildman–Crippen MR) is 70.1 cm³/mol. The van der Waals surface area contributed by atoms with Crippen molar-refractivity contribution < 1.29 is 13.5 Å².